The van der Waals surface area contributed by atoms with E-state index in [-0.39, 0.29) is 17.9 Å². The Bertz CT molecular complexity index is 1190. The van der Waals surface area contributed by atoms with Crippen LogP contribution in [0.2, 0.25) is 0 Å². The van der Waals surface area contributed by atoms with Gasteiger partial charge < -0.3 is 25.8 Å². The van der Waals surface area contributed by atoms with E-state index in [0.29, 0.717) is 28.0 Å². The summed E-state index contributed by atoms with van der Waals surface area (Å²) >= 11 is 0. The van der Waals surface area contributed by atoms with Gasteiger partial charge in [-0.15, -0.1) is 12.4 Å². The number of rotatable bonds is 2. The predicted octanol–water partition coefficient (Wildman–Crippen LogP) is 3.65. The SMILES string of the molecule is COC(=O)c1ccccc1-c1c2ccc(=N)cc-2oc2cc(N)ccc12.Cl.O. The summed E-state index contributed by atoms with van der Waals surface area (Å²) in [5.41, 5.74) is 9.96. The standard InChI is InChI=1S/C21H16N2O3.ClH.H2O/c1-25-21(24)15-5-3-2-4-14(15)20-16-8-6-12(22)10-18(16)26-19-11-13(23)7-9-17(19)20;;/h2-11,22H,23H2,1H3;1H;1H2. The molecule has 0 spiro atoms. The molecule has 7 heteroatoms. The molecule has 1 aliphatic carbocycles. The van der Waals surface area contributed by atoms with Crippen molar-refractivity contribution in [1.29, 1.82) is 5.41 Å². The van der Waals surface area contributed by atoms with Crippen LogP contribution in [-0.2, 0) is 4.74 Å². The van der Waals surface area contributed by atoms with Gasteiger partial charge in [0.05, 0.1) is 18.0 Å². The van der Waals surface area contributed by atoms with Crippen molar-refractivity contribution in [3.63, 3.8) is 0 Å². The number of nitrogen functional groups attached to an aromatic ring is 1. The summed E-state index contributed by atoms with van der Waals surface area (Å²) in [6.07, 6.45) is 0. The van der Waals surface area contributed by atoms with Crippen LogP contribution < -0.4 is 11.1 Å². The Kier molecular flexibility index (Phi) is 6.08. The molecule has 2 aromatic rings. The first kappa shape index (κ1) is 21.0. The van der Waals surface area contributed by atoms with Crippen molar-refractivity contribution in [3.05, 3.63) is 71.6 Å². The zero-order valence-corrected chi connectivity index (χ0v) is 15.8. The molecule has 0 saturated heterocycles. The third-order valence-corrected chi connectivity index (χ3v) is 4.35. The molecule has 1 aliphatic heterocycles. The summed E-state index contributed by atoms with van der Waals surface area (Å²) in [5.74, 6) is 0.153. The first-order chi connectivity index (χ1) is 12.6. The monoisotopic (exact) mass is 398 g/mol. The zero-order valence-electron chi connectivity index (χ0n) is 15.0. The molecule has 6 nitrogen and oxygen atoms in total. The molecule has 0 radical (unpaired) electrons. The highest BCUT2D eigenvalue weighted by atomic mass is 35.5. The lowest BCUT2D eigenvalue weighted by molar-refractivity contribution is 0.0601. The third-order valence-electron chi connectivity index (χ3n) is 4.35. The molecule has 5 N–H and O–H groups in total. The molecule has 0 atom stereocenters. The summed E-state index contributed by atoms with van der Waals surface area (Å²) < 4.78 is 10.9. The fourth-order valence-corrected chi connectivity index (χ4v) is 3.19. The van der Waals surface area contributed by atoms with Gasteiger partial charge in [-0.05, 0) is 35.9 Å². The summed E-state index contributed by atoms with van der Waals surface area (Å²) in [6, 6.07) is 17.9. The van der Waals surface area contributed by atoms with Gasteiger partial charge in [-0.1, -0.05) is 18.2 Å². The first-order valence-electron chi connectivity index (χ1n) is 8.07. The lowest BCUT2D eigenvalue weighted by atomic mass is 9.91. The van der Waals surface area contributed by atoms with E-state index in [0.717, 1.165) is 22.1 Å². The van der Waals surface area contributed by atoms with Crippen LogP contribution in [0.1, 0.15) is 10.4 Å². The molecule has 2 aliphatic rings. The molecule has 2 aromatic carbocycles. The van der Waals surface area contributed by atoms with Crippen LogP contribution in [0.4, 0.5) is 5.69 Å². The summed E-state index contributed by atoms with van der Waals surface area (Å²) in [4.78, 5) is 12.3. The smallest absolute Gasteiger partial charge is 0.338 e. The number of esters is 1. The maximum Gasteiger partial charge on any atom is 0.338 e. The Labute approximate surface area is 167 Å². The van der Waals surface area contributed by atoms with Crippen LogP contribution >= 0.6 is 12.4 Å². The first-order valence-corrected chi connectivity index (χ1v) is 8.07. The lowest BCUT2D eigenvalue weighted by Gasteiger charge is -2.17. The van der Waals surface area contributed by atoms with Gasteiger partial charge in [-0.2, -0.15) is 0 Å². The van der Waals surface area contributed by atoms with E-state index in [1.54, 1.807) is 36.4 Å². The topological polar surface area (TPSA) is 121 Å². The Hall–Kier alpha value is -3.35. The Morgan fingerprint density at radius 3 is 2.54 bits per heavy atom. The van der Waals surface area contributed by atoms with Gasteiger partial charge in [0, 0.05) is 34.3 Å². The number of hydrogen-bond acceptors (Lipinski definition) is 5. The molecule has 0 amide bonds. The second kappa shape index (κ2) is 8.12. The average molecular weight is 399 g/mol. The molecular formula is C21H19ClN2O4. The van der Waals surface area contributed by atoms with Crippen molar-refractivity contribution >= 4 is 35.0 Å². The fraction of sp³-hybridized carbons (Fsp3) is 0.0476. The third kappa shape index (κ3) is 3.43. The van der Waals surface area contributed by atoms with Crippen molar-refractivity contribution in [2.45, 2.75) is 0 Å². The molecule has 0 saturated carbocycles. The van der Waals surface area contributed by atoms with Crippen LogP contribution in [0.25, 0.3) is 33.4 Å². The average Bonchev–Trinajstić information content (AvgIpc) is 2.65. The highest BCUT2D eigenvalue weighted by molar-refractivity contribution is 6.08. The molecule has 4 rings (SSSR count). The quantitative estimate of drug-likeness (QED) is 0.304. The number of hydrogen-bond donors (Lipinski definition) is 2. The molecular weight excluding hydrogens is 380 g/mol. The lowest BCUT2D eigenvalue weighted by Crippen LogP contribution is -2.05. The van der Waals surface area contributed by atoms with Gasteiger partial charge in [0.1, 0.15) is 11.3 Å². The van der Waals surface area contributed by atoms with E-state index in [2.05, 4.69) is 0 Å². The van der Waals surface area contributed by atoms with Crippen LogP contribution in [-0.4, -0.2) is 18.6 Å². The van der Waals surface area contributed by atoms with Crippen molar-refractivity contribution in [2.75, 3.05) is 12.8 Å². The summed E-state index contributed by atoms with van der Waals surface area (Å²) in [5, 5.41) is 9.06. The number of ether oxygens (including phenoxy) is 1. The fourth-order valence-electron chi connectivity index (χ4n) is 3.19. The normalized spacial score (nSPS) is 10.2. The van der Waals surface area contributed by atoms with Gasteiger partial charge in [0.15, 0.2) is 0 Å². The minimum absolute atomic E-state index is 0. The second-order valence-electron chi connectivity index (χ2n) is 5.98. The molecule has 1 heterocycles. The van der Waals surface area contributed by atoms with E-state index >= 15 is 0 Å². The van der Waals surface area contributed by atoms with Gasteiger partial charge in [0.2, 0.25) is 0 Å². The summed E-state index contributed by atoms with van der Waals surface area (Å²) in [6.45, 7) is 0. The number of carbonyl (C=O) groups excluding carboxylic acids is 1. The van der Waals surface area contributed by atoms with Gasteiger partial charge in [-0.3, -0.25) is 0 Å². The minimum atomic E-state index is -0.407. The van der Waals surface area contributed by atoms with Gasteiger partial charge in [0.25, 0.3) is 0 Å². The van der Waals surface area contributed by atoms with Crippen molar-refractivity contribution < 1.29 is 19.4 Å². The molecule has 0 aromatic heterocycles. The van der Waals surface area contributed by atoms with E-state index in [1.165, 1.54) is 7.11 Å². The van der Waals surface area contributed by atoms with Crippen LogP contribution in [0.5, 0.6) is 0 Å². The van der Waals surface area contributed by atoms with Crippen molar-refractivity contribution in [3.8, 4) is 22.5 Å². The largest absolute Gasteiger partial charge is 0.465 e. The number of nitrogens with one attached hydrogen (secondary N) is 1. The maximum absolute atomic E-state index is 12.3. The van der Waals surface area contributed by atoms with E-state index in [1.807, 2.05) is 24.3 Å². The Balaban J connectivity index is 0.00000140. The van der Waals surface area contributed by atoms with E-state index in [9.17, 15) is 4.79 Å². The van der Waals surface area contributed by atoms with Crippen molar-refractivity contribution in [1.82, 2.24) is 0 Å². The highest BCUT2D eigenvalue weighted by Gasteiger charge is 2.21. The van der Waals surface area contributed by atoms with Crippen LogP contribution in [0.3, 0.4) is 0 Å². The Morgan fingerprint density at radius 2 is 1.79 bits per heavy atom. The van der Waals surface area contributed by atoms with Gasteiger partial charge >= 0.3 is 5.97 Å². The van der Waals surface area contributed by atoms with Crippen LogP contribution in [0.15, 0.2) is 65.1 Å². The number of nitrogens with two attached hydrogens (primary N) is 1. The number of benzene rings is 3. The molecule has 0 fully saturated rings. The number of anilines is 1. The number of carbonyl (C=O) groups is 1. The van der Waals surface area contributed by atoms with Crippen LogP contribution in [0, 0.1) is 5.41 Å². The molecule has 0 unspecified atom stereocenters. The van der Waals surface area contributed by atoms with Crippen molar-refractivity contribution in [2.24, 2.45) is 0 Å². The zero-order chi connectivity index (χ0) is 18.3. The number of methoxy groups -OCH3 is 1. The van der Waals surface area contributed by atoms with Gasteiger partial charge in [-0.25, -0.2) is 4.79 Å². The highest BCUT2D eigenvalue weighted by Crippen LogP contribution is 2.41. The maximum atomic E-state index is 12.3. The number of halogens is 1. The minimum Gasteiger partial charge on any atom is -0.465 e. The number of fused-ring (bicyclic) bond motifs is 2. The molecule has 144 valence electrons. The predicted molar refractivity (Wildman–Crippen MR) is 111 cm³/mol. The summed E-state index contributed by atoms with van der Waals surface area (Å²) in [7, 11) is 1.36. The van der Waals surface area contributed by atoms with E-state index in [4.69, 9.17) is 20.3 Å². The molecule has 28 heavy (non-hydrogen) atoms. The Morgan fingerprint density at radius 1 is 1.04 bits per heavy atom. The van der Waals surface area contributed by atoms with E-state index < -0.39 is 5.97 Å². The molecule has 0 bridgehead atoms. The second-order valence-corrected chi connectivity index (χ2v) is 5.98.